The molecule has 0 radical (unpaired) electrons. The van der Waals surface area contributed by atoms with Crippen molar-refractivity contribution in [3.8, 4) is 0 Å². The van der Waals surface area contributed by atoms with Crippen LogP contribution in [0.25, 0.3) is 0 Å². The van der Waals surface area contributed by atoms with Gasteiger partial charge in [0.2, 0.25) is 5.91 Å². The van der Waals surface area contributed by atoms with Gasteiger partial charge in [-0.1, -0.05) is 0 Å². The Balaban J connectivity index is 0.00000256. The zero-order chi connectivity index (χ0) is 11.8. The lowest BCUT2D eigenvalue weighted by molar-refractivity contribution is -0.132. The molecule has 1 unspecified atom stereocenters. The maximum absolute atomic E-state index is 12.0. The van der Waals surface area contributed by atoms with Gasteiger partial charge in [-0.3, -0.25) is 4.79 Å². The Bertz CT molecular complexity index is 215. The third-order valence-corrected chi connectivity index (χ3v) is 3.13. The topological polar surface area (TPSA) is 41.6 Å². The van der Waals surface area contributed by atoms with Gasteiger partial charge in [0.05, 0.1) is 0 Å². The summed E-state index contributed by atoms with van der Waals surface area (Å²) in [5.41, 5.74) is 0. The number of nitrogens with zero attached hydrogens (tertiary/aromatic N) is 1. The Labute approximate surface area is 110 Å². The number of methoxy groups -OCH3 is 1. The van der Waals surface area contributed by atoms with Gasteiger partial charge in [0.25, 0.3) is 0 Å². The molecule has 1 N–H and O–H groups in total. The molecule has 0 spiro atoms. The zero-order valence-electron chi connectivity index (χ0n) is 10.9. The van der Waals surface area contributed by atoms with Crippen LogP contribution in [0.1, 0.15) is 32.1 Å². The van der Waals surface area contributed by atoms with Gasteiger partial charge >= 0.3 is 0 Å². The molecule has 1 aliphatic heterocycles. The molecule has 1 rings (SSSR count). The number of hydrogen-bond donors (Lipinski definition) is 1. The molecule has 0 saturated carbocycles. The number of halogens is 1. The maximum Gasteiger partial charge on any atom is 0.222 e. The van der Waals surface area contributed by atoms with Gasteiger partial charge in [-0.15, -0.1) is 12.4 Å². The van der Waals surface area contributed by atoms with Crippen molar-refractivity contribution in [1.82, 2.24) is 10.2 Å². The SMILES string of the molecule is CNCC1CCCN1C(=O)CCCCOC.Cl. The van der Waals surface area contributed by atoms with E-state index in [0.717, 1.165) is 45.4 Å². The van der Waals surface area contributed by atoms with E-state index in [1.807, 2.05) is 11.9 Å². The van der Waals surface area contributed by atoms with Crippen LogP contribution in [0.4, 0.5) is 0 Å². The molecule has 1 amide bonds. The first-order valence-electron chi connectivity index (χ1n) is 6.22. The van der Waals surface area contributed by atoms with Gasteiger partial charge in [0.15, 0.2) is 0 Å². The zero-order valence-corrected chi connectivity index (χ0v) is 11.7. The van der Waals surface area contributed by atoms with Gasteiger partial charge in [-0.2, -0.15) is 0 Å². The van der Waals surface area contributed by atoms with Crippen molar-refractivity contribution in [3.63, 3.8) is 0 Å². The van der Waals surface area contributed by atoms with E-state index in [1.165, 1.54) is 0 Å². The van der Waals surface area contributed by atoms with Crippen molar-refractivity contribution in [2.24, 2.45) is 0 Å². The predicted molar refractivity (Wildman–Crippen MR) is 71.6 cm³/mol. The van der Waals surface area contributed by atoms with Crippen LogP contribution in [0, 0.1) is 0 Å². The van der Waals surface area contributed by atoms with Crippen molar-refractivity contribution < 1.29 is 9.53 Å². The normalized spacial score (nSPS) is 19.2. The molecule has 0 aliphatic carbocycles. The summed E-state index contributed by atoms with van der Waals surface area (Å²) in [5.74, 6) is 0.314. The summed E-state index contributed by atoms with van der Waals surface area (Å²) in [6.45, 7) is 2.62. The first-order valence-corrected chi connectivity index (χ1v) is 6.22. The van der Waals surface area contributed by atoms with Crippen LogP contribution in [0.3, 0.4) is 0 Å². The summed E-state index contributed by atoms with van der Waals surface area (Å²) >= 11 is 0. The van der Waals surface area contributed by atoms with E-state index in [9.17, 15) is 4.79 Å². The molecule has 0 aromatic carbocycles. The van der Waals surface area contributed by atoms with E-state index in [4.69, 9.17) is 4.74 Å². The summed E-state index contributed by atoms with van der Waals surface area (Å²) in [7, 11) is 3.64. The van der Waals surface area contributed by atoms with Crippen molar-refractivity contribution in [2.45, 2.75) is 38.1 Å². The van der Waals surface area contributed by atoms with Crippen molar-refractivity contribution in [2.75, 3.05) is 33.9 Å². The average Bonchev–Trinajstić information content (AvgIpc) is 2.73. The molecular weight excluding hydrogens is 240 g/mol. The van der Waals surface area contributed by atoms with Crippen LogP contribution in [-0.4, -0.2) is 50.7 Å². The second-order valence-electron chi connectivity index (χ2n) is 4.39. The van der Waals surface area contributed by atoms with Crippen LogP contribution >= 0.6 is 12.4 Å². The highest BCUT2D eigenvalue weighted by Gasteiger charge is 2.27. The van der Waals surface area contributed by atoms with E-state index in [2.05, 4.69) is 5.32 Å². The number of unbranched alkanes of at least 4 members (excludes halogenated alkanes) is 1. The second-order valence-corrected chi connectivity index (χ2v) is 4.39. The summed E-state index contributed by atoms with van der Waals surface area (Å²) in [5, 5.41) is 3.16. The first-order chi connectivity index (χ1) is 7.79. The molecule has 1 fully saturated rings. The highest BCUT2D eigenvalue weighted by atomic mass is 35.5. The molecule has 0 aromatic rings. The highest BCUT2D eigenvalue weighted by Crippen LogP contribution is 2.18. The van der Waals surface area contributed by atoms with Crippen LogP contribution in [0.15, 0.2) is 0 Å². The molecule has 0 bridgehead atoms. The number of ether oxygens (including phenoxy) is 1. The Morgan fingerprint density at radius 1 is 1.47 bits per heavy atom. The number of carbonyl (C=O) groups excluding carboxylic acids is 1. The van der Waals surface area contributed by atoms with E-state index < -0.39 is 0 Å². The predicted octanol–water partition coefficient (Wildman–Crippen LogP) is 1.44. The second kappa shape index (κ2) is 9.68. The minimum absolute atomic E-state index is 0. The molecular formula is C12H25ClN2O2. The first kappa shape index (κ1) is 16.7. The fourth-order valence-corrected chi connectivity index (χ4v) is 2.28. The molecule has 17 heavy (non-hydrogen) atoms. The van der Waals surface area contributed by atoms with Crippen molar-refractivity contribution >= 4 is 18.3 Å². The molecule has 1 aliphatic rings. The molecule has 1 heterocycles. The number of nitrogens with one attached hydrogen (secondary N) is 1. The minimum Gasteiger partial charge on any atom is -0.385 e. The Hall–Kier alpha value is -0.320. The molecule has 1 saturated heterocycles. The van der Waals surface area contributed by atoms with Gasteiger partial charge in [0.1, 0.15) is 0 Å². The van der Waals surface area contributed by atoms with E-state index in [0.29, 0.717) is 18.4 Å². The summed E-state index contributed by atoms with van der Waals surface area (Å²) in [6.07, 6.45) is 4.88. The van der Waals surface area contributed by atoms with Gasteiger partial charge < -0.3 is 15.0 Å². The number of carbonyl (C=O) groups is 1. The monoisotopic (exact) mass is 264 g/mol. The lowest BCUT2D eigenvalue weighted by Crippen LogP contribution is -2.40. The Kier molecular flexibility index (Phi) is 9.50. The molecule has 1 atom stereocenters. The fourth-order valence-electron chi connectivity index (χ4n) is 2.28. The average molecular weight is 265 g/mol. The van der Waals surface area contributed by atoms with Crippen LogP contribution in [0.5, 0.6) is 0 Å². The number of rotatable bonds is 7. The summed E-state index contributed by atoms with van der Waals surface area (Å²) in [4.78, 5) is 14.0. The Morgan fingerprint density at radius 3 is 2.88 bits per heavy atom. The number of amides is 1. The standard InChI is InChI=1S/C12H24N2O2.ClH/c1-13-10-11-6-5-8-14(11)12(15)7-3-4-9-16-2;/h11,13H,3-10H2,1-2H3;1H. The maximum atomic E-state index is 12.0. The van der Waals surface area contributed by atoms with Gasteiger partial charge in [-0.05, 0) is 32.7 Å². The van der Waals surface area contributed by atoms with Gasteiger partial charge in [-0.25, -0.2) is 0 Å². The molecule has 5 heteroatoms. The van der Waals surface area contributed by atoms with E-state index >= 15 is 0 Å². The lowest BCUT2D eigenvalue weighted by atomic mass is 10.2. The highest BCUT2D eigenvalue weighted by molar-refractivity contribution is 5.85. The van der Waals surface area contributed by atoms with Crippen molar-refractivity contribution in [3.05, 3.63) is 0 Å². The van der Waals surface area contributed by atoms with Crippen molar-refractivity contribution in [1.29, 1.82) is 0 Å². The van der Waals surface area contributed by atoms with Gasteiger partial charge in [0, 0.05) is 39.3 Å². The van der Waals surface area contributed by atoms with E-state index in [1.54, 1.807) is 7.11 Å². The van der Waals surface area contributed by atoms with Crippen LogP contribution in [0.2, 0.25) is 0 Å². The number of likely N-dealkylation sites (N-methyl/N-ethyl adjacent to an activating group) is 1. The molecule has 102 valence electrons. The minimum atomic E-state index is 0. The van der Waals surface area contributed by atoms with Crippen LogP contribution < -0.4 is 5.32 Å². The fraction of sp³-hybridized carbons (Fsp3) is 0.917. The largest absolute Gasteiger partial charge is 0.385 e. The third kappa shape index (κ3) is 5.70. The summed E-state index contributed by atoms with van der Waals surface area (Å²) < 4.78 is 4.97. The lowest BCUT2D eigenvalue weighted by Gasteiger charge is -2.24. The van der Waals surface area contributed by atoms with Crippen LogP contribution in [-0.2, 0) is 9.53 Å². The molecule has 0 aromatic heterocycles. The Morgan fingerprint density at radius 2 is 2.24 bits per heavy atom. The molecule has 4 nitrogen and oxygen atoms in total. The third-order valence-electron chi connectivity index (χ3n) is 3.13. The smallest absolute Gasteiger partial charge is 0.222 e. The number of hydrogen-bond acceptors (Lipinski definition) is 3. The summed E-state index contributed by atoms with van der Waals surface area (Å²) in [6, 6.07) is 0.417. The van der Waals surface area contributed by atoms with E-state index in [-0.39, 0.29) is 12.4 Å². The number of likely N-dealkylation sites (tertiary alicyclic amines) is 1. The quantitative estimate of drug-likeness (QED) is 0.708.